The summed E-state index contributed by atoms with van der Waals surface area (Å²) in [6, 6.07) is 72.7. The second-order valence-electron chi connectivity index (χ2n) is 26.6. The van der Waals surface area contributed by atoms with Gasteiger partial charge in [0.2, 0.25) is 0 Å². The minimum Gasteiger partial charge on any atom is -0.505 e. The summed E-state index contributed by atoms with van der Waals surface area (Å²) in [7, 11) is 0. The van der Waals surface area contributed by atoms with E-state index in [0.717, 1.165) is 86.7 Å². The van der Waals surface area contributed by atoms with Crippen molar-refractivity contribution in [3.63, 3.8) is 0 Å². The fraction of sp³-hybridized carbons (Fsp3) is 0.262. The molecule has 3 aliphatic carbocycles. The van der Waals surface area contributed by atoms with Gasteiger partial charge in [-0.05, 0) is 201 Å². The molecule has 0 aliphatic heterocycles. The van der Waals surface area contributed by atoms with Crippen LogP contribution in [0.4, 0.5) is 34.1 Å². The highest BCUT2D eigenvalue weighted by Gasteiger charge is 2.33. The number of allylic oxidation sites excluding steroid dienone is 1. The van der Waals surface area contributed by atoms with Gasteiger partial charge >= 0.3 is 0 Å². The minimum absolute atomic E-state index is 0.110. The topological polar surface area (TPSA) is 39.9 Å². The molecule has 88 heavy (non-hydrogen) atoms. The summed E-state index contributed by atoms with van der Waals surface area (Å²) in [6.45, 7) is 13.6. The molecule has 2 fully saturated rings. The van der Waals surface area contributed by atoms with Gasteiger partial charge in [0.05, 0.1) is 22.7 Å². The number of nitrogens with zero attached hydrogens (tertiary/aromatic N) is 2. The van der Waals surface area contributed by atoms with Crippen LogP contribution in [-0.2, 0) is 0 Å². The molecule has 438 valence electrons. The van der Waals surface area contributed by atoms with Crippen molar-refractivity contribution in [2.75, 3.05) is 9.80 Å². The van der Waals surface area contributed by atoms with Crippen LogP contribution in [0, 0.1) is 13.8 Å². The van der Waals surface area contributed by atoms with Gasteiger partial charge in [0, 0.05) is 44.6 Å². The van der Waals surface area contributed by atoms with Gasteiger partial charge in [-0.1, -0.05) is 218 Å². The summed E-state index contributed by atoms with van der Waals surface area (Å²) in [4.78, 5) is 4.95. The third kappa shape index (κ3) is 9.66. The number of hydrogen-bond donors (Lipinski definition) is 1. The molecule has 0 bridgehead atoms. The van der Waals surface area contributed by atoms with E-state index in [9.17, 15) is 5.11 Å². The molecule has 2 saturated carbocycles. The summed E-state index contributed by atoms with van der Waals surface area (Å²) in [5.41, 5.74) is 21.8. The van der Waals surface area contributed by atoms with Gasteiger partial charge in [0.15, 0.2) is 5.58 Å². The maximum atomic E-state index is 13.3. The maximum Gasteiger partial charge on any atom is 0.158 e. The van der Waals surface area contributed by atoms with Crippen LogP contribution in [0.5, 0.6) is 5.75 Å². The van der Waals surface area contributed by atoms with Gasteiger partial charge in [-0.25, -0.2) is 0 Å². The largest absolute Gasteiger partial charge is 0.505 e. The number of aromatic hydroxyl groups is 1. The molecule has 0 amide bonds. The molecule has 0 spiro atoms. The molecule has 4 heteroatoms. The molecule has 4 nitrogen and oxygen atoms in total. The second-order valence-corrected chi connectivity index (χ2v) is 26.6. The first-order valence-electron chi connectivity index (χ1n) is 32.9. The monoisotopic (exact) mass is 1150 g/mol. The number of furan rings is 1. The highest BCUT2D eigenvalue weighted by molar-refractivity contribution is 6.30. The molecule has 0 radical (unpaired) electrons. The molecule has 0 saturated heterocycles. The van der Waals surface area contributed by atoms with Crippen molar-refractivity contribution in [3.8, 4) is 28.0 Å². The first-order chi connectivity index (χ1) is 43.1. The standard InChI is InChI=1S/C84H80N2O2/c1-52(2)62-33-13-15-35-64(62)58-29-19-30-59(49-58)65-37-21-41-76(82(65)87)85(60-31-17-23-54(5)47-60)78-50-74(56-25-9-7-10-26-56)67-44-46-73-79(51-75(57-27-11-8-12-28-57)68-43-45-72(78)80(67)81(68)73)86(61-32-18-24-55(6)48-61)77-42-22-40-71-70-39-20-38-69(83(70)88-84(71)77)66-36-16-14-34-63(66)53(3)4/h13-24,29-37,39-53,56-57,69,87H,7-12,25-28,38H2,1-6H3. The van der Waals surface area contributed by atoms with Crippen molar-refractivity contribution < 1.29 is 9.52 Å². The van der Waals surface area contributed by atoms with Crippen LogP contribution in [0.15, 0.2) is 205 Å². The van der Waals surface area contributed by atoms with Crippen LogP contribution in [0.1, 0.15) is 178 Å². The SMILES string of the molecule is Cc1cccc(N(c2cccc(-c3cccc(-c4ccccc4C(C)C)c3)c2O)c2cc(C3CCCCC3)c3ccc4c(N(c5cccc(C)c5)c5cccc6c7c(oc56)C(c5ccccc5C(C)C)CC=C7)cc(C5CCCCC5)c5ccc2c3c54)c1. The number of phenolic OH excluding ortho intramolecular Hbond substituents is 1. The van der Waals surface area contributed by atoms with Gasteiger partial charge in [-0.15, -0.1) is 0 Å². The molecule has 1 unspecified atom stereocenters. The van der Waals surface area contributed by atoms with Gasteiger partial charge < -0.3 is 19.3 Å². The fourth-order valence-corrected chi connectivity index (χ4v) is 16.1. The van der Waals surface area contributed by atoms with E-state index in [-0.39, 0.29) is 11.7 Å². The smallest absolute Gasteiger partial charge is 0.158 e. The normalized spacial score (nSPS) is 15.8. The van der Waals surface area contributed by atoms with E-state index < -0.39 is 0 Å². The predicted molar refractivity (Wildman–Crippen MR) is 373 cm³/mol. The molecular weight excluding hydrogens is 1070 g/mol. The lowest BCUT2D eigenvalue weighted by Crippen LogP contribution is -2.15. The van der Waals surface area contributed by atoms with Gasteiger partial charge in [-0.3, -0.25) is 0 Å². The number of fused-ring (bicyclic) bond motifs is 3. The Morgan fingerprint density at radius 2 is 0.943 bits per heavy atom. The quantitative estimate of drug-likeness (QED) is 0.117. The van der Waals surface area contributed by atoms with E-state index in [1.807, 2.05) is 0 Å². The molecule has 15 rings (SSSR count). The molecule has 1 aromatic heterocycles. The Morgan fingerprint density at radius 3 is 1.56 bits per heavy atom. The molecule has 1 atom stereocenters. The molecule has 11 aromatic carbocycles. The zero-order valence-corrected chi connectivity index (χ0v) is 52.0. The van der Waals surface area contributed by atoms with Crippen molar-refractivity contribution in [2.24, 2.45) is 0 Å². The van der Waals surface area contributed by atoms with Crippen LogP contribution < -0.4 is 9.80 Å². The van der Waals surface area contributed by atoms with Crippen LogP contribution in [0.2, 0.25) is 0 Å². The average Bonchev–Trinajstić information content (AvgIpc) is 0.777. The second kappa shape index (κ2) is 23.0. The first-order valence-corrected chi connectivity index (χ1v) is 32.9. The van der Waals surface area contributed by atoms with Gasteiger partial charge in [0.1, 0.15) is 11.5 Å². The number of phenols is 1. The number of para-hydroxylation sites is 2. The van der Waals surface area contributed by atoms with E-state index in [1.54, 1.807) is 0 Å². The molecule has 12 aromatic rings. The Balaban J connectivity index is 1.00. The Bertz CT molecular complexity index is 4640. The van der Waals surface area contributed by atoms with E-state index in [0.29, 0.717) is 23.7 Å². The summed E-state index contributed by atoms with van der Waals surface area (Å²) >= 11 is 0. The molecule has 1 heterocycles. The van der Waals surface area contributed by atoms with E-state index >= 15 is 0 Å². The van der Waals surface area contributed by atoms with Crippen molar-refractivity contribution >= 4 is 83.5 Å². The third-order valence-corrected chi connectivity index (χ3v) is 20.3. The van der Waals surface area contributed by atoms with Crippen LogP contribution >= 0.6 is 0 Å². The third-order valence-electron chi connectivity index (χ3n) is 20.3. The Morgan fingerprint density at radius 1 is 0.432 bits per heavy atom. The van der Waals surface area contributed by atoms with Crippen molar-refractivity contribution in [1.82, 2.24) is 0 Å². The zero-order chi connectivity index (χ0) is 59.7. The lowest BCUT2D eigenvalue weighted by Gasteiger charge is -2.33. The van der Waals surface area contributed by atoms with Crippen LogP contribution in [0.25, 0.3) is 71.6 Å². The minimum atomic E-state index is 0.110. The van der Waals surface area contributed by atoms with E-state index in [1.165, 1.54) is 134 Å². The van der Waals surface area contributed by atoms with Crippen LogP contribution in [0.3, 0.4) is 0 Å². The molecule has 1 N–H and O–H groups in total. The van der Waals surface area contributed by atoms with Crippen molar-refractivity contribution in [3.05, 3.63) is 250 Å². The summed E-state index contributed by atoms with van der Waals surface area (Å²) in [5.74, 6) is 2.99. The maximum absolute atomic E-state index is 13.3. The number of anilines is 6. The van der Waals surface area contributed by atoms with Gasteiger partial charge in [0.25, 0.3) is 0 Å². The van der Waals surface area contributed by atoms with Crippen LogP contribution in [-0.4, -0.2) is 5.11 Å². The summed E-state index contributed by atoms with van der Waals surface area (Å²) in [6.07, 6.45) is 17.7. The fourth-order valence-electron chi connectivity index (χ4n) is 16.1. The summed E-state index contributed by atoms with van der Waals surface area (Å²) in [5, 5.41) is 22.1. The van der Waals surface area contributed by atoms with E-state index in [2.05, 4.69) is 258 Å². The number of aryl methyl sites for hydroxylation is 2. The Hall–Kier alpha value is -8.86. The number of rotatable bonds is 13. The summed E-state index contributed by atoms with van der Waals surface area (Å²) < 4.78 is 7.53. The first kappa shape index (κ1) is 55.7. The lowest BCUT2D eigenvalue weighted by molar-refractivity contribution is 0.445. The average molecular weight is 1150 g/mol. The Kier molecular flexibility index (Phi) is 14.6. The molecule has 3 aliphatic rings. The highest BCUT2D eigenvalue weighted by atomic mass is 16.3. The number of benzene rings is 11. The Labute approximate surface area is 520 Å². The lowest BCUT2D eigenvalue weighted by atomic mass is 9.77. The molecular formula is C84H80N2O2. The zero-order valence-electron chi connectivity index (χ0n) is 52.0. The highest BCUT2D eigenvalue weighted by Crippen LogP contribution is 2.56. The van der Waals surface area contributed by atoms with Gasteiger partial charge in [-0.2, -0.15) is 0 Å². The van der Waals surface area contributed by atoms with E-state index in [4.69, 9.17) is 4.42 Å². The van der Waals surface area contributed by atoms with Crippen molar-refractivity contribution in [1.29, 1.82) is 0 Å². The predicted octanol–water partition coefficient (Wildman–Crippen LogP) is 24.8. The van der Waals surface area contributed by atoms with Crippen molar-refractivity contribution in [2.45, 2.75) is 142 Å². The number of hydrogen-bond acceptors (Lipinski definition) is 4.